The van der Waals surface area contributed by atoms with Crippen LogP contribution in [0.25, 0.3) is 0 Å². The van der Waals surface area contributed by atoms with Crippen molar-refractivity contribution in [2.45, 2.75) is 45.6 Å². The molecule has 0 heterocycles. The topological polar surface area (TPSA) is 123 Å². The van der Waals surface area contributed by atoms with E-state index in [1.54, 1.807) is 69.5 Å². The van der Waals surface area contributed by atoms with Crippen molar-refractivity contribution in [2.24, 2.45) is 0 Å². The molecule has 0 radical (unpaired) electrons. The van der Waals surface area contributed by atoms with Crippen LogP contribution in [-0.4, -0.2) is 42.6 Å². The van der Waals surface area contributed by atoms with Gasteiger partial charge in [-0.3, -0.25) is 0 Å². The van der Waals surface area contributed by atoms with Crippen molar-refractivity contribution in [3.63, 3.8) is 0 Å². The molecule has 0 saturated heterocycles. The van der Waals surface area contributed by atoms with Crippen LogP contribution in [-0.2, 0) is 33.8 Å². The number of alkyl carbamates (subject to hydrolysis) is 2. The smallest absolute Gasteiger partial charge is 0.416 e. The van der Waals surface area contributed by atoms with Gasteiger partial charge in [-0.05, 0) is 42.7 Å². The first-order chi connectivity index (χ1) is 15.3. The summed E-state index contributed by atoms with van der Waals surface area (Å²) in [5, 5.41) is 14.2. The Morgan fingerprint density at radius 3 is 1.75 bits per heavy atom. The van der Waals surface area contributed by atoms with Gasteiger partial charge in [-0.15, -0.1) is 0 Å². The molecule has 172 valence electrons. The zero-order valence-electron chi connectivity index (χ0n) is 18.3. The van der Waals surface area contributed by atoms with Crippen molar-refractivity contribution in [2.75, 3.05) is 7.11 Å². The van der Waals surface area contributed by atoms with Gasteiger partial charge in [0, 0.05) is 19.5 Å². The van der Waals surface area contributed by atoms with E-state index in [2.05, 4.69) is 15.4 Å². The quantitative estimate of drug-likeness (QED) is 0.481. The molecule has 2 aromatic carbocycles. The number of hydrogen-bond acceptors (Lipinski definition) is 6. The predicted octanol–water partition coefficient (Wildman–Crippen LogP) is 3.25. The summed E-state index contributed by atoms with van der Waals surface area (Å²) in [5.74, 6) is -0.313. The largest absolute Gasteiger partial charge is 0.497 e. The maximum atomic E-state index is 11.8. The highest BCUT2D eigenvalue weighted by molar-refractivity contribution is 5.83. The van der Waals surface area contributed by atoms with E-state index in [0.717, 1.165) is 16.7 Å². The number of benzene rings is 2. The van der Waals surface area contributed by atoms with Crippen LogP contribution in [0.4, 0.5) is 9.59 Å². The number of hydrogen-bond donors (Lipinski definition) is 3. The van der Waals surface area contributed by atoms with Crippen LogP contribution >= 0.6 is 0 Å². The molecule has 0 aliphatic rings. The van der Waals surface area contributed by atoms with E-state index in [0.29, 0.717) is 5.75 Å². The highest BCUT2D eigenvalue weighted by Crippen LogP contribution is 2.12. The number of carboxylic acids is 1. The summed E-state index contributed by atoms with van der Waals surface area (Å²) in [6, 6.07) is 14.2. The molecule has 0 spiro atoms. The van der Waals surface area contributed by atoms with Gasteiger partial charge in [-0.2, -0.15) is 0 Å². The summed E-state index contributed by atoms with van der Waals surface area (Å²) < 4.78 is 15.1. The zero-order chi connectivity index (χ0) is 23.5. The highest BCUT2D eigenvalue weighted by atomic mass is 16.6. The van der Waals surface area contributed by atoms with Crippen molar-refractivity contribution in [3.05, 3.63) is 65.2 Å². The molecule has 0 aliphatic heterocycles. The van der Waals surface area contributed by atoms with E-state index in [-0.39, 0.29) is 25.6 Å². The Morgan fingerprint density at radius 2 is 1.31 bits per heavy atom. The summed E-state index contributed by atoms with van der Waals surface area (Å²) in [6.07, 6.45) is -2.63. The van der Waals surface area contributed by atoms with Gasteiger partial charge in [0.25, 0.3) is 0 Å². The lowest BCUT2D eigenvalue weighted by atomic mass is 10.1. The molecule has 0 aromatic heterocycles. The molecule has 0 fully saturated rings. The first kappa shape index (κ1) is 24.7. The standard InChI is InChI=1S/C23H28N2O7/c1-15(2)31-20(21(26)27)12-16-4-6-17(7-5-16)13-24-22(28)32-23(29)25-14-18-8-10-19(30-3)11-9-18/h4-11,15,20H,12-14H2,1-3H3,(H,24,28)(H,25,29)(H,26,27). The van der Waals surface area contributed by atoms with Crippen molar-refractivity contribution in [3.8, 4) is 5.75 Å². The summed E-state index contributed by atoms with van der Waals surface area (Å²) in [5.41, 5.74) is 2.38. The van der Waals surface area contributed by atoms with Crippen molar-refractivity contribution in [1.82, 2.24) is 10.6 Å². The molecule has 32 heavy (non-hydrogen) atoms. The van der Waals surface area contributed by atoms with E-state index >= 15 is 0 Å². The van der Waals surface area contributed by atoms with Crippen molar-refractivity contribution >= 4 is 18.2 Å². The van der Waals surface area contributed by atoms with Gasteiger partial charge in [0.2, 0.25) is 0 Å². The number of amides is 2. The summed E-state index contributed by atoms with van der Waals surface area (Å²) in [6.45, 7) is 3.91. The first-order valence-corrected chi connectivity index (χ1v) is 10.1. The summed E-state index contributed by atoms with van der Waals surface area (Å²) in [7, 11) is 1.56. The Bertz CT molecular complexity index is 896. The van der Waals surface area contributed by atoms with E-state index in [1.807, 2.05) is 0 Å². The molecule has 9 heteroatoms. The third-order valence-corrected chi connectivity index (χ3v) is 4.37. The molecule has 2 aromatic rings. The lowest BCUT2D eigenvalue weighted by Gasteiger charge is -2.16. The number of methoxy groups -OCH3 is 1. The molecular weight excluding hydrogens is 416 g/mol. The summed E-state index contributed by atoms with van der Waals surface area (Å²) in [4.78, 5) is 34.9. The van der Waals surface area contributed by atoms with Crippen LogP contribution < -0.4 is 15.4 Å². The Kier molecular flexibility index (Phi) is 9.49. The van der Waals surface area contributed by atoms with Gasteiger partial charge in [0.15, 0.2) is 6.10 Å². The van der Waals surface area contributed by atoms with Gasteiger partial charge >= 0.3 is 18.2 Å². The first-order valence-electron chi connectivity index (χ1n) is 10.1. The fourth-order valence-corrected chi connectivity index (χ4v) is 2.78. The molecular formula is C23H28N2O7. The summed E-state index contributed by atoms with van der Waals surface area (Å²) >= 11 is 0. The molecule has 0 saturated carbocycles. The molecule has 2 rings (SSSR count). The lowest BCUT2D eigenvalue weighted by Crippen LogP contribution is -2.32. The molecule has 0 bridgehead atoms. The minimum Gasteiger partial charge on any atom is -0.497 e. The van der Waals surface area contributed by atoms with Crippen molar-refractivity contribution in [1.29, 1.82) is 0 Å². The highest BCUT2D eigenvalue weighted by Gasteiger charge is 2.20. The SMILES string of the molecule is COc1ccc(CNC(=O)OC(=O)NCc2ccc(CC(OC(C)C)C(=O)O)cc2)cc1. The molecule has 1 atom stereocenters. The number of carbonyl (C=O) groups excluding carboxylic acids is 2. The van der Waals surface area contributed by atoms with Gasteiger partial charge in [0.05, 0.1) is 13.2 Å². The van der Waals surface area contributed by atoms with E-state index in [4.69, 9.17) is 9.47 Å². The Balaban J connectivity index is 1.74. The number of ether oxygens (including phenoxy) is 3. The molecule has 0 aliphatic carbocycles. The second-order valence-corrected chi connectivity index (χ2v) is 7.26. The van der Waals surface area contributed by atoms with Gasteiger partial charge < -0.3 is 30.0 Å². The Labute approximate surface area is 186 Å². The number of carboxylic acid groups (broad SMARTS) is 1. The van der Waals surface area contributed by atoms with Gasteiger partial charge in [-0.1, -0.05) is 36.4 Å². The fourth-order valence-electron chi connectivity index (χ4n) is 2.78. The fraction of sp³-hybridized carbons (Fsp3) is 0.348. The normalized spacial score (nSPS) is 11.5. The average molecular weight is 444 g/mol. The van der Waals surface area contributed by atoms with Crippen LogP contribution in [0.2, 0.25) is 0 Å². The number of aliphatic carboxylic acids is 1. The third kappa shape index (κ3) is 8.65. The Morgan fingerprint density at radius 1 is 0.844 bits per heavy atom. The minimum absolute atomic E-state index is 0.149. The molecule has 9 nitrogen and oxygen atoms in total. The Hall–Kier alpha value is -3.59. The van der Waals surface area contributed by atoms with Gasteiger partial charge in [-0.25, -0.2) is 14.4 Å². The second-order valence-electron chi connectivity index (χ2n) is 7.26. The third-order valence-electron chi connectivity index (χ3n) is 4.37. The number of rotatable bonds is 10. The van der Waals surface area contributed by atoms with Crippen LogP contribution in [0, 0.1) is 0 Å². The van der Waals surface area contributed by atoms with Crippen molar-refractivity contribution < 1.29 is 33.7 Å². The average Bonchev–Trinajstić information content (AvgIpc) is 2.76. The second kappa shape index (κ2) is 12.3. The zero-order valence-corrected chi connectivity index (χ0v) is 18.3. The van der Waals surface area contributed by atoms with Crippen LogP contribution in [0.3, 0.4) is 0 Å². The predicted molar refractivity (Wildman–Crippen MR) is 116 cm³/mol. The molecule has 1 unspecified atom stereocenters. The maximum Gasteiger partial charge on any atom is 0.416 e. The maximum absolute atomic E-state index is 11.8. The van der Waals surface area contributed by atoms with Crippen LogP contribution in [0.5, 0.6) is 5.75 Å². The number of nitrogens with one attached hydrogen (secondary N) is 2. The van der Waals surface area contributed by atoms with E-state index in [1.165, 1.54) is 0 Å². The van der Waals surface area contributed by atoms with Crippen LogP contribution in [0.15, 0.2) is 48.5 Å². The number of carbonyl (C=O) groups is 3. The van der Waals surface area contributed by atoms with E-state index < -0.39 is 24.3 Å². The molecule has 2 amide bonds. The van der Waals surface area contributed by atoms with Gasteiger partial charge in [0.1, 0.15) is 5.75 Å². The molecule has 3 N–H and O–H groups in total. The van der Waals surface area contributed by atoms with E-state index in [9.17, 15) is 19.5 Å². The monoisotopic (exact) mass is 444 g/mol. The lowest BCUT2D eigenvalue weighted by molar-refractivity contribution is -0.153. The minimum atomic E-state index is -1.02. The van der Waals surface area contributed by atoms with Crippen LogP contribution in [0.1, 0.15) is 30.5 Å².